The van der Waals surface area contributed by atoms with E-state index >= 15 is 0 Å². The fourth-order valence-electron chi connectivity index (χ4n) is 3.67. The van der Waals surface area contributed by atoms with E-state index < -0.39 is 6.09 Å². The van der Waals surface area contributed by atoms with Crippen LogP contribution in [0.2, 0.25) is 0 Å². The van der Waals surface area contributed by atoms with E-state index in [1.807, 2.05) is 80.6 Å². The summed E-state index contributed by atoms with van der Waals surface area (Å²) in [5.74, 6) is -0.236. The molecule has 4 aromatic rings. The van der Waals surface area contributed by atoms with Gasteiger partial charge in [0.1, 0.15) is 12.4 Å². The van der Waals surface area contributed by atoms with Crippen molar-refractivity contribution >= 4 is 6.09 Å². The van der Waals surface area contributed by atoms with Crippen LogP contribution < -0.4 is 0 Å². The minimum absolute atomic E-state index is 0.0842. The summed E-state index contributed by atoms with van der Waals surface area (Å²) in [6, 6.07) is 27.7. The first-order valence-electron chi connectivity index (χ1n) is 10.3. The lowest BCUT2D eigenvalue weighted by molar-refractivity contribution is 0.141. The number of rotatable bonds is 5. The fourth-order valence-corrected chi connectivity index (χ4v) is 3.67. The van der Waals surface area contributed by atoms with Crippen molar-refractivity contribution in [1.29, 1.82) is 0 Å². The highest BCUT2D eigenvalue weighted by Gasteiger charge is 2.25. The Kier molecular flexibility index (Phi) is 5.99. The number of carbonyl (C=O) groups is 1. The Bertz CT molecular complexity index is 1160. The van der Waals surface area contributed by atoms with Crippen LogP contribution in [0.5, 0.6) is 0 Å². The van der Waals surface area contributed by atoms with Crippen molar-refractivity contribution in [1.82, 2.24) is 4.57 Å². The van der Waals surface area contributed by atoms with E-state index in [0.29, 0.717) is 5.69 Å². The van der Waals surface area contributed by atoms with Crippen LogP contribution >= 0.6 is 0 Å². The zero-order chi connectivity index (χ0) is 21.8. The average molecular weight is 413 g/mol. The van der Waals surface area contributed by atoms with Crippen molar-refractivity contribution in [3.05, 3.63) is 108 Å². The maximum Gasteiger partial charge on any atom is 0.419 e. The van der Waals surface area contributed by atoms with Crippen LogP contribution in [0.15, 0.2) is 91.0 Å². The molecule has 31 heavy (non-hydrogen) atoms. The molecule has 0 unspecified atom stereocenters. The molecular weight excluding hydrogens is 389 g/mol. The molecule has 0 aliphatic carbocycles. The van der Waals surface area contributed by atoms with Crippen LogP contribution in [0.3, 0.4) is 0 Å². The van der Waals surface area contributed by atoms with E-state index in [9.17, 15) is 9.18 Å². The van der Waals surface area contributed by atoms with Gasteiger partial charge in [-0.25, -0.2) is 13.8 Å². The van der Waals surface area contributed by atoms with Crippen molar-refractivity contribution < 1.29 is 13.9 Å². The van der Waals surface area contributed by atoms with Gasteiger partial charge in [0.25, 0.3) is 0 Å². The van der Waals surface area contributed by atoms with Gasteiger partial charge in [0, 0.05) is 11.3 Å². The molecule has 1 heterocycles. The van der Waals surface area contributed by atoms with Crippen LogP contribution in [0.1, 0.15) is 31.0 Å². The summed E-state index contributed by atoms with van der Waals surface area (Å²) >= 11 is 0. The highest BCUT2D eigenvalue weighted by atomic mass is 19.1. The first kappa shape index (κ1) is 20.6. The summed E-state index contributed by atoms with van der Waals surface area (Å²) in [6.07, 6.45) is -0.450. The highest BCUT2D eigenvalue weighted by Crippen LogP contribution is 2.38. The van der Waals surface area contributed by atoms with Crippen molar-refractivity contribution in [3.8, 4) is 22.4 Å². The molecule has 0 saturated heterocycles. The summed E-state index contributed by atoms with van der Waals surface area (Å²) in [5, 5.41) is 0. The van der Waals surface area contributed by atoms with Crippen LogP contribution in [0.25, 0.3) is 22.4 Å². The van der Waals surface area contributed by atoms with Crippen LogP contribution in [0, 0.1) is 5.82 Å². The zero-order valence-electron chi connectivity index (χ0n) is 17.6. The van der Waals surface area contributed by atoms with E-state index in [0.717, 1.165) is 27.9 Å². The Labute approximate surface area is 181 Å². The molecule has 4 rings (SSSR count). The quantitative estimate of drug-likeness (QED) is 0.344. The molecule has 0 bridgehead atoms. The number of nitrogens with zero attached hydrogens (tertiary/aromatic N) is 1. The Morgan fingerprint density at radius 1 is 0.871 bits per heavy atom. The third-order valence-corrected chi connectivity index (χ3v) is 5.21. The average Bonchev–Trinajstić information content (AvgIpc) is 3.20. The first-order chi connectivity index (χ1) is 15.0. The molecule has 0 saturated carbocycles. The largest absolute Gasteiger partial charge is 0.444 e. The molecule has 0 radical (unpaired) electrons. The van der Waals surface area contributed by atoms with E-state index in [2.05, 4.69) is 0 Å². The lowest BCUT2D eigenvalue weighted by atomic mass is 10.0. The summed E-state index contributed by atoms with van der Waals surface area (Å²) in [5.41, 5.74) is 5.11. The second-order valence-corrected chi connectivity index (χ2v) is 7.73. The molecule has 0 atom stereocenters. The summed E-state index contributed by atoms with van der Waals surface area (Å²) < 4.78 is 20.9. The van der Waals surface area contributed by atoms with Gasteiger partial charge in [-0.15, -0.1) is 0 Å². The first-order valence-corrected chi connectivity index (χ1v) is 10.3. The lowest BCUT2D eigenvalue weighted by Crippen LogP contribution is -2.18. The van der Waals surface area contributed by atoms with Gasteiger partial charge >= 0.3 is 6.09 Å². The number of aromatic nitrogens is 1. The predicted molar refractivity (Wildman–Crippen MR) is 121 cm³/mol. The van der Waals surface area contributed by atoms with E-state index in [1.54, 1.807) is 16.7 Å². The molecule has 0 amide bonds. The fraction of sp³-hybridized carbons (Fsp3) is 0.148. The Morgan fingerprint density at radius 2 is 1.48 bits per heavy atom. The molecular formula is C27H24FNO2. The number of ether oxygens (including phenoxy) is 1. The predicted octanol–water partition coefficient (Wildman–Crippen LogP) is 7.27. The third-order valence-electron chi connectivity index (χ3n) is 5.21. The van der Waals surface area contributed by atoms with Crippen LogP contribution in [-0.2, 0) is 11.3 Å². The van der Waals surface area contributed by atoms with Crippen molar-refractivity contribution in [2.24, 2.45) is 0 Å². The van der Waals surface area contributed by atoms with Crippen LogP contribution in [0.4, 0.5) is 9.18 Å². The van der Waals surface area contributed by atoms with E-state index in [4.69, 9.17) is 4.74 Å². The number of halogens is 1. The van der Waals surface area contributed by atoms with Gasteiger partial charge in [0.15, 0.2) is 0 Å². The molecule has 1 aromatic heterocycles. The SMILES string of the molecule is CC(C)c1cc(-c2ccccc2)c(-c2ccc(F)cc2)n1C(=O)OCc1ccccc1. The third kappa shape index (κ3) is 4.43. The molecule has 3 aromatic carbocycles. The molecule has 3 nitrogen and oxygen atoms in total. The minimum Gasteiger partial charge on any atom is -0.444 e. The van der Waals surface area contributed by atoms with Gasteiger partial charge in [-0.1, -0.05) is 74.5 Å². The lowest BCUT2D eigenvalue weighted by Gasteiger charge is -2.15. The molecule has 0 fully saturated rings. The maximum atomic E-state index is 13.6. The van der Waals surface area contributed by atoms with Gasteiger partial charge < -0.3 is 4.74 Å². The Morgan fingerprint density at radius 3 is 2.10 bits per heavy atom. The summed E-state index contributed by atoms with van der Waals surface area (Å²) in [7, 11) is 0. The highest BCUT2D eigenvalue weighted by molar-refractivity contribution is 5.90. The van der Waals surface area contributed by atoms with Crippen molar-refractivity contribution in [2.45, 2.75) is 26.4 Å². The number of benzene rings is 3. The van der Waals surface area contributed by atoms with Gasteiger partial charge in [0.05, 0.1) is 5.69 Å². The van der Waals surface area contributed by atoms with E-state index in [1.165, 1.54) is 12.1 Å². The molecule has 0 spiro atoms. The molecule has 0 N–H and O–H groups in total. The Balaban J connectivity index is 1.84. The van der Waals surface area contributed by atoms with Gasteiger partial charge in [-0.3, -0.25) is 0 Å². The minimum atomic E-state index is -0.450. The molecule has 0 aliphatic heterocycles. The monoisotopic (exact) mass is 413 g/mol. The van der Waals surface area contributed by atoms with Crippen LogP contribution in [-0.4, -0.2) is 10.7 Å². The number of hydrogen-bond donors (Lipinski definition) is 0. The van der Waals surface area contributed by atoms with Gasteiger partial charge in [-0.05, 0) is 52.9 Å². The number of hydrogen-bond acceptors (Lipinski definition) is 2. The second-order valence-electron chi connectivity index (χ2n) is 7.73. The smallest absolute Gasteiger partial charge is 0.419 e. The van der Waals surface area contributed by atoms with Gasteiger partial charge in [0.2, 0.25) is 0 Å². The topological polar surface area (TPSA) is 31.2 Å². The molecule has 0 aliphatic rings. The summed E-state index contributed by atoms with van der Waals surface area (Å²) in [6.45, 7) is 4.26. The van der Waals surface area contributed by atoms with Crippen molar-refractivity contribution in [3.63, 3.8) is 0 Å². The normalized spacial score (nSPS) is 11.0. The molecule has 156 valence electrons. The Hall–Kier alpha value is -3.66. The summed E-state index contributed by atoms with van der Waals surface area (Å²) in [4.78, 5) is 13.3. The van der Waals surface area contributed by atoms with E-state index in [-0.39, 0.29) is 18.3 Å². The second kappa shape index (κ2) is 9.00. The maximum absolute atomic E-state index is 13.6. The van der Waals surface area contributed by atoms with Crippen molar-refractivity contribution in [2.75, 3.05) is 0 Å². The van der Waals surface area contributed by atoms with Gasteiger partial charge in [-0.2, -0.15) is 0 Å². The standard InChI is InChI=1S/C27H24FNO2/c1-19(2)25-17-24(21-11-7-4-8-12-21)26(22-13-15-23(28)16-14-22)29(25)27(30)31-18-20-9-5-3-6-10-20/h3-17,19H,18H2,1-2H3. The number of carbonyl (C=O) groups excluding carboxylic acids is 1. The zero-order valence-corrected chi connectivity index (χ0v) is 17.6. The molecule has 4 heteroatoms.